The molecule has 2 rings (SSSR count). The maximum Gasteiger partial charge on any atom is 0.409 e. The molecule has 1 aliphatic heterocycles. The molecule has 19 heavy (non-hydrogen) atoms. The van der Waals surface area contributed by atoms with Crippen LogP contribution >= 0.6 is 0 Å². The van der Waals surface area contributed by atoms with Crippen LogP contribution in [0, 0.1) is 0 Å². The summed E-state index contributed by atoms with van der Waals surface area (Å²) in [5.74, 6) is -0.487. The SMILES string of the molecule is C[C@H](c1ccccc1)N1C=CC(=O)CC1C(F)(F)F. The average Bonchev–Trinajstić information content (AvgIpc) is 2.38. The van der Waals surface area contributed by atoms with Crippen molar-refractivity contribution >= 4 is 5.78 Å². The quantitative estimate of drug-likeness (QED) is 0.819. The highest BCUT2D eigenvalue weighted by Crippen LogP contribution is 2.35. The lowest BCUT2D eigenvalue weighted by molar-refractivity contribution is -0.186. The molecule has 1 aromatic rings. The number of benzene rings is 1. The fourth-order valence-corrected chi connectivity index (χ4v) is 2.22. The Morgan fingerprint density at radius 2 is 1.89 bits per heavy atom. The van der Waals surface area contributed by atoms with E-state index in [1.165, 1.54) is 17.2 Å². The van der Waals surface area contributed by atoms with E-state index in [-0.39, 0.29) is 0 Å². The van der Waals surface area contributed by atoms with Gasteiger partial charge in [-0.15, -0.1) is 0 Å². The molecule has 0 aromatic heterocycles. The van der Waals surface area contributed by atoms with Gasteiger partial charge in [-0.25, -0.2) is 0 Å². The molecule has 102 valence electrons. The second-order valence-electron chi connectivity index (χ2n) is 4.58. The zero-order valence-electron chi connectivity index (χ0n) is 10.4. The summed E-state index contributed by atoms with van der Waals surface area (Å²) in [5.41, 5.74) is 0.788. The number of hydrogen-bond donors (Lipinski definition) is 0. The Morgan fingerprint density at radius 1 is 1.26 bits per heavy atom. The summed E-state index contributed by atoms with van der Waals surface area (Å²) in [6.07, 6.45) is -2.47. The van der Waals surface area contributed by atoms with Crippen molar-refractivity contribution in [1.82, 2.24) is 4.90 Å². The number of allylic oxidation sites excluding steroid dienone is 1. The molecule has 2 nitrogen and oxygen atoms in total. The number of halogens is 3. The van der Waals surface area contributed by atoms with Crippen LogP contribution in [-0.4, -0.2) is 22.9 Å². The molecule has 1 aliphatic rings. The topological polar surface area (TPSA) is 20.3 Å². The van der Waals surface area contributed by atoms with Crippen LogP contribution in [-0.2, 0) is 4.79 Å². The Hall–Kier alpha value is -1.78. The van der Waals surface area contributed by atoms with Gasteiger partial charge in [0.1, 0.15) is 6.04 Å². The summed E-state index contributed by atoms with van der Waals surface area (Å²) < 4.78 is 39.0. The Balaban J connectivity index is 2.30. The summed E-state index contributed by atoms with van der Waals surface area (Å²) in [4.78, 5) is 12.4. The molecule has 0 aliphatic carbocycles. The van der Waals surface area contributed by atoms with Gasteiger partial charge in [-0.1, -0.05) is 30.3 Å². The van der Waals surface area contributed by atoms with E-state index in [9.17, 15) is 18.0 Å². The first-order chi connectivity index (χ1) is 8.89. The Kier molecular flexibility index (Phi) is 3.64. The van der Waals surface area contributed by atoms with E-state index in [0.29, 0.717) is 0 Å². The molecule has 0 amide bonds. The van der Waals surface area contributed by atoms with Crippen molar-refractivity contribution in [2.45, 2.75) is 31.6 Å². The summed E-state index contributed by atoms with van der Waals surface area (Å²) in [7, 11) is 0. The number of ketones is 1. The van der Waals surface area contributed by atoms with Crippen LogP contribution in [0.1, 0.15) is 24.9 Å². The second-order valence-corrected chi connectivity index (χ2v) is 4.58. The highest BCUT2D eigenvalue weighted by atomic mass is 19.4. The summed E-state index contributed by atoms with van der Waals surface area (Å²) >= 11 is 0. The van der Waals surface area contributed by atoms with Crippen molar-refractivity contribution in [3.8, 4) is 0 Å². The standard InChI is InChI=1S/C14H14F3NO/c1-10(11-5-3-2-4-6-11)18-8-7-12(19)9-13(18)14(15,16)17/h2-8,10,13H,9H2,1H3/t10-,13?/m1/s1. The maximum absolute atomic E-state index is 13.0. The lowest BCUT2D eigenvalue weighted by atomic mass is 9.99. The van der Waals surface area contributed by atoms with E-state index >= 15 is 0 Å². The van der Waals surface area contributed by atoms with Crippen LogP contribution in [0.25, 0.3) is 0 Å². The minimum absolute atomic E-state index is 0.433. The third-order valence-electron chi connectivity index (χ3n) is 3.29. The van der Waals surface area contributed by atoms with Crippen LogP contribution in [0.3, 0.4) is 0 Å². The summed E-state index contributed by atoms with van der Waals surface area (Å²) in [6, 6.07) is 6.76. The van der Waals surface area contributed by atoms with Crippen LogP contribution in [0.15, 0.2) is 42.6 Å². The van der Waals surface area contributed by atoms with E-state index in [1.807, 2.05) is 6.07 Å². The number of hydrogen-bond acceptors (Lipinski definition) is 2. The number of carbonyl (C=O) groups is 1. The van der Waals surface area contributed by atoms with Gasteiger partial charge in [0.05, 0.1) is 6.04 Å². The zero-order chi connectivity index (χ0) is 14.0. The van der Waals surface area contributed by atoms with E-state index in [0.717, 1.165) is 5.56 Å². The number of carbonyl (C=O) groups excluding carboxylic acids is 1. The third kappa shape index (κ3) is 2.97. The lowest BCUT2D eigenvalue weighted by Gasteiger charge is -2.38. The molecule has 0 saturated heterocycles. The molecule has 0 radical (unpaired) electrons. The first-order valence-corrected chi connectivity index (χ1v) is 5.99. The number of nitrogens with zero attached hydrogens (tertiary/aromatic N) is 1. The van der Waals surface area contributed by atoms with Crippen LogP contribution in [0.5, 0.6) is 0 Å². The van der Waals surface area contributed by atoms with Crippen molar-refractivity contribution in [2.75, 3.05) is 0 Å². The normalized spacial score (nSPS) is 21.6. The second kappa shape index (κ2) is 5.07. The molecule has 0 bridgehead atoms. The van der Waals surface area contributed by atoms with Gasteiger partial charge < -0.3 is 4.90 Å². The molecule has 0 N–H and O–H groups in total. The maximum atomic E-state index is 13.0. The first kappa shape index (κ1) is 13.6. The third-order valence-corrected chi connectivity index (χ3v) is 3.29. The minimum Gasteiger partial charge on any atom is -0.359 e. The Labute approximate surface area is 109 Å². The van der Waals surface area contributed by atoms with Gasteiger partial charge in [-0.2, -0.15) is 13.2 Å². The molecule has 1 heterocycles. The van der Waals surface area contributed by atoms with Crippen LogP contribution in [0.4, 0.5) is 13.2 Å². The smallest absolute Gasteiger partial charge is 0.359 e. The molecule has 2 atom stereocenters. The largest absolute Gasteiger partial charge is 0.409 e. The molecule has 1 unspecified atom stereocenters. The van der Waals surface area contributed by atoms with Gasteiger partial charge >= 0.3 is 6.18 Å². The molecule has 5 heteroatoms. The van der Waals surface area contributed by atoms with Crippen molar-refractivity contribution in [3.05, 3.63) is 48.2 Å². The zero-order valence-corrected chi connectivity index (χ0v) is 10.4. The highest BCUT2D eigenvalue weighted by Gasteiger charge is 2.46. The Bertz CT molecular complexity index is 481. The fraction of sp³-hybridized carbons (Fsp3) is 0.357. The molecular weight excluding hydrogens is 255 g/mol. The average molecular weight is 269 g/mol. The molecule has 0 fully saturated rings. The van der Waals surface area contributed by atoms with Crippen LogP contribution in [0.2, 0.25) is 0 Å². The lowest BCUT2D eigenvalue weighted by Crippen LogP contribution is -2.47. The van der Waals surface area contributed by atoms with Gasteiger partial charge in [-0.05, 0) is 18.6 Å². The van der Waals surface area contributed by atoms with E-state index in [1.54, 1.807) is 31.2 Å². The van der Waals surface area contributed by atoms with E-state index in [2.05, 4.69) is 0 Å². The van der Waals surface area contributed by atoms with E-state index in [4.69, 9.17) is 0 Å². The molecule has 0 saturated carbocycles. The molecule has 0 spiro atoms. The van der Waals surface area contributed by atoms with Crippen molar-refractivity contribution in [1.29, 1.82) is 0 Å². The highest BCUT2D eigenvalue weighted by molar-refractivity contribution is 5.90. The first-order valence-electron chi connectivity index (χ1n) is 5.99. The monoisotopic (exact) mass is 269 g/mol. The predicted octanol–water partition coefficient (Wildman–Crippen LogP) is 3.47. The molecular formula is C14H14F3NO. The van der Waals surface area contributed by atoms with Gasteiger partial charge in [0.2, 0.25) is 0 Å². The van der Waals surface area contributed by atoms with Crippen molar-refractivity contribution < 1.29 is 18.0 Å². The van der Waals surface area contributed by atoms with Gasteiger partial charge in [-0.3, -0.25) is 4.79 Å². The minimum atomic E-state index is -4.41. The van der Waals surface area contributed by atoms with Gasteiger partial charge in [0.25, 0.3) is 0 Å². The predicted molar refractivity (Wildman–Crippen MR) is 65.3 cm³/mol. The van der Waals surface area contributed by atoms with Crippen molar-refractivity contribution in [3.63, 3.8) is 0 Å². The fourth-order valence-electron chi connectivity index (χ4n) is 2.22. The van der Waals surface area contributed by atoms with E-state index < -0.39 is 30.5 Å². The number of alkyl halides is 3. The van der Waals surface area contributed by atoms with Gasteiger partial charge in [0.15, 0.2) is 5.78 Å². The number of rotatable bonds is 2. The van der Waals surface area contributed by atoms with Crippen molar-refractivity contribution in [2.24, 2.45) is 0 Å². The van der Waals surface area contributed by atoms with Crippen LogP contribution < -0.4 is 0 Å². The van der Waals surface area contributed by atoms with Gasteiger partial charge in [0, 0.05) is 12.6 Å². The summed E-state index contributed by atoms with van der Waals surface area (Å²) in [5, 5.41) is 0. The Morgan fingerprint density at radius 3 is 2.47 bits per heavy atom. The summed E-state index contributed by atoms with van der Waals surface area (Å²) in [6.45, 7) is 1.70. The molecule has 1 aromatic carbocycles.